The standard InChI is InChI=1S/C16H28N6/c1-4-17-15(20-9-6-14(2)3)21-10-12-22(13-11-21)16-18-7-5-8-19-16/h5,7-8,14H,4,6,9-13H2,1-3H3,(H,17,20). The van der Waals surface area contributed by atoms with Gasteiger partial charge in [0.25, 0.3) is 0 Å². The molecule has 0 saturated carbocycles. The zero-order valence-corrected chi connectivity index (χ0v) is 14.0. The van der Waals surface area contributed by atoms with Crippen LogP contribution in [0.15, 0.2) is 23.5 Å². The number of nitrogens with zero attached hydrogens (tertiary/aromatic N) is 5. The Balaban J connectivity index is 1.90. The Kier molecular flexibility index (Phi) is 6.43. The van der Waals surface area contributed by atoms with Gasteiger partial charge in [0.2, 0.25) is 5.95 Å². The average molecular weight is 304 g/mol. The Bertz CT molecular complexity index is 451. The summed E-state index contributed by atoms with van der Waals surface area (Å²) in [6, 6.07) is 1.85. The minimum absolute atomic E-state index is 0.693. The highest BCUT2D eigenvalue weighted by atomic mass is 15.4. The molecular formula is C16H28N6. The van der Waals surface area contributed by atoms with Crippen LogP contribution >= 0.6 is 0 Å². The van der Waals surface area contributed by atoms with E-state index in [-0.39, 0.29) is 0 Å². The van der Waals surface area contributed by atoms with Crippen molar-refractivity contribution in [2.45, 2.75) is 27.2 Å². The zero-order chi connectivity index (χ0) is 15.8. The topological polar surface area (TPSA) is 56.7 Å². The molecule has 6 heteroatoms. The smallest absolute Gasteiger partial charge is 0.225 e. The first kappa shape index (κ1) is 16.5. The lowest BCUT2D eigenvalue weighted by Crippen LogP contribution is -2.53. The van der Waals surface area contributed by atoms with E-state index >= 15 is 0 Å². The van der Waals surface area contributed by atoms with Crippen molar-refractivity contribution in [1.29, 1.82) is 0 Å². The first-order valence-corrected chi connectivity index (χ1v) is 8.26. The van der Waals surface area contributed by atoms with Gasteiger partial charge in [-0.3, -0.25) is 4.99 Å². The van der Waals surface area contributed by atoms with Gasteiger partial charge < -0.3 is 15.1 Å². The first-order chi connectivity index (χ1) is 10.7. The molecule has 1 N–H and O–H groups in total. The molecule has 0 aliphatic carbocycles. The number of nitrogens with one attached hydrogen (secondary N) is 1. The summed E-state index contributed by atoms with van der Waals surface area (Å²) in [6.07, 6.45) is 4.73. The van der Waals surface area contributed by atoms with Crippen molar-refractivity contribution >= 4 is 11.9 Å². The van der Waals surface area contributed by atoms with Crippen LogP contribution in [0.3, 0.4) is 0 Å². The molecule has 0 aromatic carbocycles. The van der Waals surface area contributed by atoms with Gasteiger partial charge in [0.15, 0.2) is 5.96 Å². The third-order valence-corrected chi connectivity index (χ3v) is 3.72. The molecule has 22 heavy (non-hydrogen) atoms. The van der Waals surface area contributed by atoms with E-state index in [0.717, 1.165) is 57.6 Å². The summed E-state index contributed by atoms with van der Waals surface area (Å²) in [6.45, 7) is 12.1. The van der Waals surface area contributed by atoms with Crippen molar-refractivity contribution < 1.29 is 0 Å². The van der Waals surface area contributed by atoms with Gasteiger partial charge in [0.05, 0.1) is 0 Å². The fourth-order valence-corrected chi connectivity index (χ4v) is 2.43. The van der Waals surface area contributed by atoms with Crippen molar-refractivity contribution in [3.63, 3.8) is 0 Å². The Hall–Kier alpha value is -1.85. The SMILES string of the molecule is CCNC(=NCCC(C)C)N1CCN(c2ncccn2)CC1. The van der Waals surface area contributed by atoms with Crippen LogP contribution in [0.1, 0.15) is 27.2 Å². The average Bonchev–Trinajstić information content (AvgIpc) is 2.55. The first-order valence-electron chi connectivity index (χ1n) is 8.26. The molecule has 0 unspecified atom stereocenters. The third kappa shape index (κ3) is 4.86. The Morgan fingerprint density at radius 3 is 2.50 bits per heavy atom. The van der Waals surface area contributed by atoms with Crippen LogP contribution < -0.4 is 10.2 Å². The Labute approximate surface area is 133 Å². The summed E-state index contributed by atoms with van der Waals surface area (Å²) in [4.78, 5) is 18.0. The molecule has 122 valence electrons. The molecule has 1 aliphatic heterocycles. The van der Waals surface area contributed by atoms with E-state index in [1.807, 2.05) is 6.07 Å². The highest BCUT2D eigenvalue weighted by molar-refractivity contribution is 5.80. The quantitative estimate of drug-likeness (QED) is 0.661. The summed E-state index contributed by atoms with van der Waals surface area (Å²) < 4.78 is 0. The molecular weight excluding hydrogens is 276 g/mol. The zero-order valence-electron chi connectivity index (χ0n) is 14.0. The number of rotatable bonds is 5. The minimum atomic E-state index is 0.693. The number of guanidine groups is 1. The minimum Gasteiger partial charge on any atom is -0.357 e. The molecule has 0 atom stereocenters. The Morgan fingerprint density at radius 1 is 1.23 bits per heavy atom. The second kappa shape index (κ2) is 8.56. The maximum Gasteiger partial charge on any atom is 0.225 e. The summed E-state index contributed by atoms with van der Waals surface area (Å²) in [7, 11) is 0. The fraction of sp³-hybridized carbons (Fsp3) is 0.688. The molecule has 0 amide bonds. The predicted molar refractivity (Wildman–Crippen MR) is 91.3 cm³/mol. The van der Waals surface area contributed by atoms with Crippen LogP contribution in [0.5, 0.6) is 0 Å². The lowest BCUT2D eigenvalue weighted by molar-refractivity contribution is 0.369. The molecule has 1 saturated heterocycles. The van der Waals surface area contributed by atoms with Crippen LogP contribution in [-0.4, -0.2) is 60.1 Å². The van der Waals surface area contributed by atoms with Crippen molar-refractivity contribution in [2.24, 2.45) is 10.9 Å². The molecule has 1 aromatic rings. The lowest BCUT2D eigenvalue weighted by atomic mass is 10.1. The molecule has 6 nitrogen and oxygen atoms in total. The summed E-state index contributed by atoms with van der Waals surface area (Å²) in [5.41, 5.74) is 0. The summed E-state index contributed by atoms with van der Waals surface area (Å²) in [5.74, 6) is 2.55. The second-order valence-electron chi connectivity index (χ2n) is 5.94. The maximum absolute atomic E-state index is 4.76. The van der Waals surface area contributed by atoms with Gasteiger partial charge in [-0.1, -0.05) is 13.8 Å². The molecule has 1 fully saturated rings. The third-order valence-electron chi connectivity index (χ3n) is 3.72. The van der Waals surface area contributed by atoms with Gasteiger partial charge in [0.1, 0.15) is 0 Å². The monoisotopic (exact) mass is 304 g/mol. The molecule has 1 aromatic heterocycles. The maximum atomic E-state index is 4.76. The van der Waals surface area contributed by atoms with Gasteiger partial charge in [-0.25, -0.2) is 9.97 Å². The Morgan fingerprint density at radius 2 is 1.91 bits per heavy atom. The van der Waals surface area contributed by atoms with Crippen LogP contribution in [-0.2, 0) is 0 Å². The summed E-state index contributed by atoms with van der Waals surface area (Å²) >= 11 is 0. The van der Waals surface area contributed by atoms with E-state index in [4.69, 9.17) is 4.99 Å². The molecule has 0 spiro atoms. The van der Waals surface area contributed by atoms with Gasteiger partial charge in [-0.05, 0) is 25.3 Å². The number of aliphatic imine (C=N–C) groups is 1. The lowest BCUT2D eigenvalue weighted by Gasteiger charge is -2.36. The fourth-order valence-electron chi connectivity index (χ4n) is 2.43. The molecule has 2 heterocycles. The van der Waals surface area contributed by atoms with Crippen molar-refractivity contribution in [1.82, 2.24) is 20.2 Å². The van der Waals surface area contributed by atoms with Gasteiger partial charge >= 0.3 is 0 Å². The number of piperazine rings is 1. The molecule has 1 aliphatic rings. The molecule has 0 bridgehead atoms. The predicted octanol–water partition coefficient (Wildman–Crippen LogP) is 1.61. The van der Waals surface area contributed by atoms with Crippen LogP contribution in [0.2, 0.25) is 0 Å². The van der Waals surface area contributed by atoms with Crippen molar-refractivity contribution in [2.75, 3.05) is 44.2 Å². The van der Waals surface area contributed by atoms with Gasteiger partial charge in [0, 0.05) is 51.7 Å². The van der Waals surface area contributed by atoms with E-state index in [0.29, 0.717) is 5.92 Å². The van der Waals surface area contributed by atoms with Crippen LogP contribution in [0.4, 0.5) is 5.95 Å². The second-order valence-corrected chi connectivity index (χ2v) is 5.94. The van der Waals surface area contributed by atoms with E-state index < -0.39 is 0 Å². The van der Waals surface area contributed by atoms with Crippen molar-refractivity contribution in [3.8, 4) is 0 Å². The summed E-state index contributed by atoms with van der Waals surface area (Å²) in [5, 5.41) is 3.41. The largest absolute Gasteiger partial charge is 0.357 e. The van der Waals surface area contributed by atoms with Crippen LogP contribution in [0, 0.1) is 5.92 Å². The van der Waals surface area contributed by atoms with Crippen LogP contribution in [0.25, 0.3) is 0 Å². The number of aromatic nitrogens is 2. The number of hydrogen-bond acceptors (Lipinski definition) is 4. The molecule has 2 rings (SSSR count). The van der Waals surface area contributed by atoms with E-state index in [1.54, 1.807) is 12.4 Å². The van der Waals surface area contributed by atoms with Crippen molar-refractivity contribution in [3.05, 3.63) is 18.5 Å². The number of anilines is 1. The van der Waals surface area contributed by atoms with E-state index in [2.05, 4.69) is 45.9 Å². The van der Waals surface area contributed by atoms with E-state index in [9.17, 15) is 0 Å². The normalized spacial score (nSPS) is 16.3. The van der Waals surface area contributed by atoms with Gasteiger partial charge in [-0.2, -0.15) is 0 Å². The highest BCUT2D eigenvalue weighted by Gasteiger charge is 2.20. The van der Waals surface area contributed by atoms with Gasteiger partial charge in [-0.15, -0.1) is 0 Å². The number of hydrogen-bond donors (Lipinski definition) is 1. The van der Waals surface area contributed by atoms with E-state index in [1.165, 1.54) is 0 Å². The highest BCUT2D eigenvalue weighted by Crippen LogP contribution is 2.10. The molecule has 0 radical (unpaired) electrons.